The number of para-hydroxylation sites is 1. The maximum Gasteiger partial charge on any atom is 0.124 e. The number of rotatable bonds is 0. The Morgan fingerprint density at radius 3 is 2.71 bits per heavy atom. The Labute approximate surface area is 85.4 Å². The molecule has 0 amide bonds. The predicted octanol–water partition coefficient (Wildman–Crippen LogP) is 3.35. The minimum atomic E-state index is -0.174. The Hall–Kier alpha value is -1.24. The molecule has 0 fully saturated rings. The lowest BCUT2D eigenvalue weighted by Gasteiger charge is -2.26. The highest BCUT2D eigenvalue weighted by Crippen LogP contribution is 2.31. The van der Waals surface area contributed by atoms with E-state index in [-0.39, 0.29) is 5.60 Å². The molecule has 0 unspecified atom stereocenters. The number of fused-ring (bicyclic) bond motifs is 1. The van der Waals surface area contributed by atoms with Crippen molar-refractivity contribution in [2.24, 2.45) is 0 Å². The van der Waals surface area contributed by atoms with Crippen LogP contribution in [0.2, 0.25) is 0 Å². The molecule has 1 aromatic rings. The topological polar surface area (TPSA) is 9.23 Å². The van der Waals surface area contributed by atoms with Crippen molar-refractivity contribution >= 4 is 0 Å². The molecule has 74 valence electrons. The van der Waals surface area contributed by atoms with Gasteiger partial charge in [-0.15, -0.1) is 0 Å². The minimum absolute atomic E-state index is 0.174. The zero-order valence-electron chi connectivity index (χ0n) is 9.00. The van der Waals surface area contributed by atoms with Gasteiger partial charge in [0.05, 0.1) is 0 Å². The van der Waals surface area contributed by atoms with E-state index in [2.05, 4.69) is 39.0 Å². The van der Waals surface area contributed by atoms with Crippen LogP contribution in [0.5, 0.6) is 5.75 Å². The fraction of sp³-hybridized carbons (Fsp3) is 0.385. The lowest BCUT2D eigenvalue weighted by atomic mass is 9.99. The van der Waals surface area contributed by atoms with Crippen molar-refractivity contribution in [1.82, 2.24) is 0 Å². The van der Waals surface area contributed by atoms with Crippen LogP contribution in [0.25, 0.3) is 0 Å². The maximum atomic E-state index is 5.99. The molecule has 2 rings (SSSR count). The Kier molecular flexibility index (Phi) is 2.10. The van der Waals surface area contributed by atoms with E-state index in [9.17, 15) is 0 Å². The van der Waals surface area contributed by atoms with Gasteiger partial charge < -0.3 is 4.74 Å². The van der Waals surface area contributed by atoms with Gasteiger partial charge in [0.25, 0.3) is 0 Å². The Morgan fingerprint density at radius 1 is 1.21 bits per heavy atom. The van der Waals surface area contributed by atoms with Crippen LogP contribution in [0.4, 0.5) is 0 Å². The molecule has 0 N–H and O–H groups in total. The summed E-state index contributed by atoms with van der Waals surface area (Å²) in [6, 6.07) is 8.25. The zero-order valence-corrected chi connectivity index (χ0v) is 9.00. The SMILES string of the molecule is CC1=CCc2ccccc2OC1(C)C. The van der Waals surface area contributed by atoms with Crippen molar-refractivity contribution in [3.8, 4) is 5.75 Å². The molecule has 0 spiro atoms. The number of ether oxygens (including phenoxy) is 1. The molecule has 1 heterocycles. The first-order valence-electron chi connectivity index (χ1n) is 5.04. The van der Waals surface area contributed by atoms with Crippen LogP contribution >= 0.6 is 0 Å². The summed E-state index contributed by atoms with van der Waals surface area (Å²) >= 11 is 0. The van der Waals surface area contributed by atoms with Crippen molar-refractivity contribution in [1.29, 1.82) is 0 Å². The summed E-state index contributed by atoms with van der Waals surface area (Å²) < 4.78 is 5.99. The van der Waals surface area contributed by atoms with Crippen molar-refractivity contribution in [2.45, 2.75) is 32.8 Å². The first-order valence-corrected chi connectivity index (χ1v) is 5.04. The van der Waals surface area contributed by atoms with Gasteiger partial charge in [-0.05, 0) is 44.4 Å². The summed E-state index contributed by atoms with van der Waals surface area (Å²) in [5.74, 6) is 1.02. The molecule has 0 saturated heterocycles. The number of hydrogen-bond acceptors (Lipinski definition) is 1. The Morgan fingerprint density at radius 2 is 1.93 bits per heavy atom. The van der Waals surface area contributed by atoms with E-state index >= 15 is 0 Å². The molecule has 0 bridgehead atoms. The summed E-state index contributed by atoms with van der Waals surface area (Å²) in [5, 5.41) is 0. The second kappa shape index (κ2) is 3.16. The van der Waals surface area contributed by atoms with Gasteiger partial charge in [0.1, 0.15) is 11.4 Å². The maximum absolute atomic E-state index is 5.99. The predicted molar refractivity (Wildman–Crippen MR) is 58.6 cm³/mol. The number of hydrogen-bond donors (Lipinski definition) is 0. The van der Waals surface area contributed by atoms with Crippen LogP contribution in [-0.2, 0) is 6.42 Å². The van der Waals surface area contributed by atoms with E-state index in [1.54, 1.807) is 0 Å². The fourth-order valence-corrected chi connectivity index (χ4v) is 1.64. The summed E-state index contributed by atoms with van der Waals surface area (Å²) in [5.41, 5.74) is 2.40. The normalized spacial score (nSPS) is 18.9. The van der Waals surface area contributed by atoms with Gasteiger partial charge in [0, 0.05) is 0 Å². The highest BCUT2D eigenvalue weighted by Gasteiger charge is 2.25. The van der Waals surface area contributed by atoms with Crippen molar-refractivity contribution in [2.75, 3.05) is 0 Å². The molecule has 0 aliphatic carbocycles. The van der Waals surface area contributed by atoms with Gasteiger partial charge in [-0.25, -0.2) is 0 Å². The van der Waals surface area contributed by atoms with Crippen molar-refractivity contribution in [3.63, 3.8) is 0 Å². The van der Waals surface area contributed by atoms with Crippen LogP contribution in [-0.4, -0.2) is 5.60 Å². The third-order valence-corrected chi connectivity index (χ3v) is 2.92. The molecule has 0 atom stereocenters. The quantitative estimate of drug-likeness (QED) is 0.567. The average Bonchev–Trinajstić information content (AvgIpc) is 2.25. The van der Waals surface area contributed by atoms with E-state index in [0.29, 0.717) is 0 Å². The van der Waals surface area contributed by atoms with E-state index < -0.39 is 0 Å². The van der Waals surface area contributed by atoms with Crippen LogP contribution < -0.4 is 4.74 Å². The molecule has 14 heavy (non-hydrogen) atoms. The molecule has 0 saturated carbocycles. The molecular weight excluding hydrogens is 172 g/mol. The standard InChI is InChI=1S/C13H16O/c1-10-8-9-11-6-4-5-7-12(11)14-13(10,2)3/h4-8H,9H2,1-3H3. The fourth-order valence-electron chi connectivity index (χ4n) is 1.64. The van der Waals surface area contributed by atoms with Crippen LogP contribution in [0.15, 0.2) is 35.9 Å². The van der Waals surface area contributed by atoms with E-state index in [4.69, 9.17) is 4.74 Å². The first-order chi connectivity index (χ1) is 6.59. The molecule has 0 radical (unpaired) electrons. The van der Waals surface area contributed by atoms with Gasteiger partial charge in [0.2, 0.25) is 0 Å². The number of benzene rings is 1. The lowest BCUT2D eigenvalue weighted by Crippen LogP contribution is -2.28. The van der Waals surface area contributed by atoms with Crippen LogP contribution in [0, 0.1) is 0 Å². The van der Waals surface area contributed by atoms with E-state index in [1.165, 1.54) is 11.1 Å². The second-order valence-electron chi connectivity index (χ2n) is 4.31. The van der Waals surface area contributed by atoms with Gasteiger partial charge in [0.15, 0.2) is 0 Å². The van der Waals surface area contributed by atoms with Gasteiger partial charge in [-0.2, -0.15) is 0 Å². The third-order valence-electron chi connectivity index (χ3n) is 2.92. The smallest absolute Gasteiger partial charge is 0.124 e. The van der Waals surface area contributed by atoms with Gasteiger partial charge >= 0.3 is 0 Å². The minimum Gasteiger partial charge on any atom is -0.483 e. The molecule has 1 aliphatic heterocycles. The van der Waals surface area contributed by atoms with Crippen molar-refractivity contribution < 1.29 is 4.74 Å². The lowest BCUT2D eigenvalue weighted by molar-refractivity contribution is 0.149. The summed E-state index contributed by atoms with van der Waals surface area (Å²) in [6.07, 6.45) is 3.23. The summed E-state index contributed by atoms with van der Waals surface area (Å²) in [7, 11) is 0. The van der Waals surface area contributed by atoms with E-state index in [1.807, 2.05) is 12.1 Å². The number of allylic oxidation sites excluding steroid dienone is 1. The summed E-state index contributed by atoms with van der Waals surface area (Å²) in [4.78, 5) is 0. The second-order valence-corrected chi connectivity index (χ2v) is 4.31. The van der Waals surface area contributed by atoms with E-state index in [0.717, 1.165) is 12.2 Å². The monoisotopic (exact) mass is 188 g/mol. The summed E-state index contributed by atoms with van der Waals surface area (Å²) in [6.45, 7) is 6.35. The first kappa shape index (κ1) is 9.32. The highest BCUT2D eigenvalue weighted by molar-refractivity contribution is 5.38. The van der Waals surface area contributed by atoms with Crippen LogP contribution in [0.3, 0.4) is 0 Å². The Balaban J connectivity index is 2.45. The Bertz CT molecular complexity index is 375. The average molecular weight is 188 g/mol. The molecule has 1 aliphatic rings. The third kappa shape index (κ3) is 1.54. The molecule has 1 heteroatoms. The largest absolute Gasteiger partial charge is 0.483 e. The molecule has 0 aromatic heterocycles. The van der Waals surface area contributed by atoms with Crippen LogP contribution in [0.1, 0.15) is 26.3 Å². The van der Waals surface area contributed by atoms with Crippen molar-refractivity contribution in [3.05, 3.63) is 41.5 Å². The highest BCUT2D eigenvalue weighted by atomic mass is 16.5. The molecule has 1 aromatic carbocycles. The van der Waals surface area contributed by atoms with Gasteiger partial charge in [-0.3, -0.25) is 0 Å². The molecule has 1 nitrogen and oxygen atoms in total. The zero-order chi connectivity index (χ0) is 10.2. The molecular formula is C13H16O. The van der Waals surface area contributed by atoms with Gasteiger partial charge in [-0.1, -0.05) is 24.3 Å².